The summed E-state index contributed by atoms with van der Waals surface area (Å²) in [5.41, 5.74) is -0.112. The number of carbonyl (C=O) groups excluding carboxylic acids is 1. The molecule has 0 aliphatic carbocycles. The average molecular weight is 512 g/mol. The van der Waals surface area contributed by atoms with Gasteiger partial charge in [0.05, 0.1) is 19.6 Å². The lowest BCUT2D eigenvalue weighted by molar-refractivity contribution is -0.145. The zero-order valence-electron chi connectivity index (χ0n) is 19.4. The minimum Gasteiger partial charge on any atom is -0.469 e. The van der Waals surface area contributed by atoms with Crippen molar-refractivity contribution in [1.29, 1.82) is 0 Å². The second kappa shape index (κ2) is 10.9. The molecule has 2 aromatic heterocycles. The van der Waals surface area contributed by atoms with Crippen molar-refractivity contribution in [3.8, 4) is 11.6 Å². The van der Waals surface area contributed by atoms with Crippen molar-refractivity contribution in [2.75, 3.05) is 12.4 Å². The largest absolute Gasteiger partial charge is 0.469 e. The summed E-state index contributed by atoms with van der Waals surface area (Å²) in [6.45, 7) is 1.49. The van der Waals surface area contributed by atoms with Crippen LogP contribution in [-0.4, -0.2) is 32.4 Å². The van der Waals surface area contributed by atoms with Crippen LogP contribution >= 0.6 is 11.6 Å². The topological polar surface area (TPSA) is 130 Å². The van der Waals surface area contributed by atoms with Gasteiger partial charge in [-0.2, -0.15) is 4.98 Å². The Hall–Kier alpha value is -4.38. The van der Waals surface area contributed by atoms with Crippen LogP contribution in [0.25, 0.3) is 0 Å². The van der Waals surface area contributed by atoms with E-state index in [1.165, 1.54) is 17.9 Å². The van der Waals surface area contributed by atoms with E-state index in [-0.39, 0.29) is 19.0 Å². The molecule has 0 spiro atoms. The molecule has 4 aromatic rings. The Balaban J connectivity index is 1.67. The average Bonchev–Trinajstić information content (AvgIpc) is 3.39. The molecule has 2 heterocycles. The molecular formula is C24H22ClN5O6. The molecular weight excluding hydrogens is 490 g/mol. The van der Waals surface area contributed by atoms with E-state index in [1.807, 2.05) is 0 Å². The van der Waals surface area contributed by atoms with Gasteiger partial charge in [-0.15, -0.1) is 0 Å². The van der Waals surface area contributed by atoms with Crippen LogP contribution in [0.2, 0.25) is 5.02 Å². The number of nitrogens with one attached hydrogen (secondary N) is 1. The number of anilines is 2. The first kappa shape index (κ1) is 24.7. The lowest BCUT2D eigenvalue weighted by atomic mass is 10.2. The zero-order valence-corrected chi connectivity index (χ0v) is 20.1. The maximum absolute atomic E-state index is 13.4. The van der Waals surface area contributed by atoms with Gasteiger partial charge in [0.15, 0.2) is 0 Å². The normalized spacial score (nSPS) is 11.6. The molecule has 0 saturated heterocycles. The zero-order chi connectivity index (χ0) is 25.7. The van der Waals surface area contributed by atoms with E-state index in [2.05, 4.69) is 15.5 Å². The van der Waals surface area contributed by atoms with Gasteiger partial charge in [-0.1, -0.05) is 30.7 Å². The summed E-state index contributed by atoms with van der Waals surface area (Å²) in [4.78, 5) is 42.1. The van der Waals surface area contributed by atoms with Gasteiger partial charge in [0.2, 0.25) is 5.95 Å². The number of nitrogens with zero attached hydrogens (tertiary/aromatic N) is 4. The Kier molecular flexibility index (Phi) is 7.50. The van der Waals surface area contributed by atoms with Gasteiger partial charge in [0.1, 0.15) is 12.0 Å². The molecule has 0 radical (unpaired) electrons. The van der Waals surface area contributed by atoms with Crippen molar-refractivity contribution in [1.82, 2.24) is 19.3 Å². The third kappa shape index (κ3) is 5.81. The summed E-state index contributed by atoms with van der Waals surface area (Å²) >= 11 is 5.99. The predicted molar refractivity (Wildman–Crippen MR) is 131 cm³/mol. The molecule has 0 amide bonds. The third-order valence-electron chi connectivity index (χ3n) is 5.21. The fraction of sp³-hybridized carbons (Fsp3) is 0.208. The Labute approximate surface area is 209 Å². The fourth-order valence-electron chi connectivity index (χ4n) is 3.36. The van der Waals surface area contributed by atoms with Gasteiger partial charge in [0.25, 0.3) is 5.88 Å². The molecule has 4 rings (SSSR count). The van der Waals surface area contributed by atoms with E-state index in [4.69, 9.17) is 25.6 Å². The molecule has 0 aliphatic heterocycles. The van der Waals surface area contributed by atoms with Crippen molar-refractivity contribution in [3.05, 3.63) is 92.4 Å². The maximum Gasteiger partial charge on any atom is 0.354 e. The van der Waals surface area contributed by atoms with E-state index in [1.54, 1.807) is 61.5 Å². The number of methoxy groups -OCH3 is 1. The lowest BCUT2D eigenvalue weighted by Crippen LogP contribution is -2.44. The predicted octanol–water partition coefficient (Wildman–Crippen LogP) is 3.44. The molecule has 0 bridgehead atoms. The highest BCUT2D eigenvalue weighted by atomic mass is 35.5. The first-order chi connectivity index (χ1) is 17.3. The number of carbonyl (C=O) groups is 1. The number of aromatic nitrogens is 4. The maximum atomic E-state index is 13.4. The first-order valence-corrected chi connectivity index (χ1v) is 11.2. The Morgan fingerprint density at radius 2 is 1.81 bits per heavy atom. The summed E-state index contributed by atoms with van der Waals surface area (Å²) in [5.74, 6) is -0.415. The summed E-state index contributed by atoms with van der Waals surface area (Å²) in [5, 5.41) is 7.25. The van der Waals surface area contributed by atoms with Gasteiger partial charge in [-0.3, -0.25) is 9.36 Å². The van der Waals surface area contributed by atoms with E-state index >= 15 is 0 Å². The summed E-state index contributed by atoms with van der Waals surface area (Å²) in [6, 6.07) is 15.2. The van der Waals surface area contributed by atoms with E-state index in [0.29, 0.717) is 22.3 Å². The van der Waals surface area contributed by atoms with E-state index in [0.717, 1.165) is 10.1 Å². The number of hydrogen-bond acceptors (Lipinski definition) is 9. The molecule has 2 aromatic carbocycles. The monoisotopic (exact) mass is 511 g/mol. The Morgan fingerprint density at radius 1 is 1.08 bits per heavy atom. The second-order valence-electron chi connectivity index (χ2n) is 7.84. The highest BCUT2D eigenvalue weighted by Crippen LogP contribution is 2.23. The number of ether oxygens (including phenoxy) is 2. The number of hydrogen-bond donors (Lipinski definition) is 1. The molecule has 11 nitrogen and oxygen atoms in total. The van der Waals surface area contributed by atoms with E-state index in [9.17, 15) is 14.4 Å². The van der Waals surface area contributed by atoms with Gasteiger partial charge < -0.3 is 19.3 Å². The van der Waals surface area contributed by atoms with Crippen LogP contribution in [0.5, 0.6) is 11.6 Å². The lowest BCUT2D eigenvalue weighted by Gasteiger charge is -2.17. The van der Waals surface area contributed by atoms with Crippen molar-refractivity contribution in [2.45, 2.75) is 20.0 Å². The van der Waals surface area contributed by atoms with Crippen molar-refractivity contribution in [2.24, 2.45) is 5.92 Å². The SMILES string of the molecule is COC(=O)[C@@H](C)Cn1c(=O)nc(Nc2ccc(Oc3ccon3)cc2)n(Cc2ccc(Cl)cc2)c1=O. The highest BCUT2D eigenvalue weighted by Gasteiger charge is 2.20. The standard InChI is InChI=1S/C24H22ClN5O6/c1-15(21(31)34-2)13-30-23(32)27-22(29(24(30)33)14-16-3-5-17(25)6-4-16)26-18-7-9-19(10-8-18)36-20-11-12-35-28-20/h3-12,15H,13-14H2,1-2H3,(H,26,27,32)/t15-/m0/s1. The van der Waals surface area contributed by atoms with E-state index < -0.39 is 23.3 Å². The number of esters is 1. The summed E-state index contributed by atoms with van der Waals surface area (Å²) in [6.07, 6.45) is 1.39. The van der Waals surface area contributed by atoms with Crippen LogP contribution in [0.15, 0.2) is 75.0 Å². The quantitative estimate of drug-likeness (QED) is 0.336. The third-order valence-corrected chi connectivity index (χ3v) is 5.46. The minimum absolute atomic E-state index is 0.0343. The molecule has 12 heteroatoms. The van der Waals surface area contributed by atoms with Crippen LogP contribution < -0.4 is 21.4 Å². The number of halogens is 1. The molecule has 0 fully saturated rings. The smallest absolute Gasteiger partial charge is 0.354 e. The van der Waals surface area contributed by atoms with Crippen LogP contribution in [0, 0.1) is 5.92 Å². The first-order valence-electron chi connectivity index (χ1n) is 10.8. The minimum atomic E-state index is -0.795. The number of benzene rings is 2. The number of rotatable bonds is 9. The fourth-order valence-corrected chi connectivity index (χ4v) is 3.48. The summed E-state index contributed by atoms with van der Waals surface area (Å²) in [7, 11) is 1.24. The Morgan fingerprint density at radius 3 is 2.44 bits per heavy atom. The molecule has 186 valence electrons. The molecule has 0 unspecified atom stereocenters. The molecule has 1 atom stereocenters. The molecule has 36 heavy (non-hydrogen) atoms. The van der Waals surface area contributed by atoms with Gasteiger partial charge in [-0.05, 0) is 47.1 Å². The molecule has 1 N–H and O–H groups in total. The van der Waals surface area contributed by atoms with Crippen molar-refractivity contribution in [3.63, 3.8) is 0 Å². The van der Waals surface area contributed by atoms with Crippen LogP contribution in [-0.2, 0) is 22.6 Å². The summed E-state index contributed by atoms with van der Waals surface area (Å²) < 4.78 is 17.2. The van der Waals surface area contributed by atoms with Crippen molar-refractivity contribution < 1.29 is 18.8 Å². The van der Waals surface area contributed by atoms with Crippen LogP contribution in [0.1, 0.15) is 12.5 Å². The highest BCUT2D eigenvalue weighted by molar-refractivity contribution is 6.30. The van der Waals surface area contributed by atoms with Crippen LogP contribution in [0.4, 0.5) is 11.6 Å². The molecule has 0 saturated carbocycles. The Bertz CT molecular complexity index is 1450. The molecule has 0 aliphatic rings. The van der Waals surface area contributed by atoms with Crippen LogP contribution in [0.3, 0.4) is 0 Å². The van der Waals surface area contributed by atoms with Gasteiger partial charge in [-0.25, -0.2) is 14.2 Å². The van der Waals surface area contributed by atoms with Gasteiger partial charge in [0, 0.05) is 23.3 Å². The second-order valence-corrected chi connectivity index (χ2v) is 8.27. The van der Waals surface area contributed by atoms with Gasteiger partial charge >= 0.3 is 17.3 Å². The van der Waals surface area contributed by atoms with Crippen molar-refractivity contribution >= 4 is 29.2 Å².